The maximum Gasteiger partial charge on any atom is 0.167 e. The van der Waals surface area contributed by atoms with E-state index in [1.165, 1.54) is 63.8 Å². The van der Waals surface area contributed by atoms with Crippen molar-refractivity contribution in [1.29, 1.82) is 0 Å². The van der Waals surface area contributed by atoms with Crippen LogP contribution in [-0.2, 0) is 5.41 Å². The summed E-state index contributed by atoms with van der Waals surface area (Å²) in [4.78, 5) is 18.1. The van der Waals surface area contributed by atoms with Gasteiger partial charge in [0.25, 0.3) is 0 Å². The van der Waals surface area contributed by atoms with Crippen molar-refractivity contribution in [2.75, 3.05) is 0 Å². The number of thioether (sulfide) groups is 1. The summed E-state index contributed by atoms with van der Waals surface area (Å²) in [5, 5.41) is 11.7. The first-order valence-electron chi connectivity index (χ1n) is 22.7. The lowest BCUT2D eigenvalue weighted by molar-refractivity contribution is 0.576. The number of fused-ring (bicyclic) bond motifs is 15. The summed E-state index contributed by atoms with van der Waals surface area (Å²) in [6.07, 6.45) is 6.76. The molecule has 5 heterocycles. The van der Waals surface area contributed by atoms with Gasteiger partial charge in [0.2, 0.25) is 0 Å². The average molecular weight is 893 g/mol. The van der Waals surface area contributed by atoms with Crippen LogP contribution in [0.15, 0.2) is 203 Å². The summed E-state index contributed by atoms with van der Waals surface area (Å²) in [5.41, 5.74) is 8.66. The summed E-state index contributed by atoms with van der Waals surface area (Å²) < 4.78 is 11.8. The van der Waals surface area contributed by atoms with E-state index in [9.17, 15) is 0 Å². The van der Waals surface area contributed by atoms with Crippen LogP contribution in [0.5, 0.6) is 0 Å². The molecule has 2 atom stereocenters. The van der Waals surface area contributed by atoms with Crippen molar-refractivity contribution < 1.29 is 4.42 Å². The molecule has 0 spiro atoms. The van der Waals surface area contributed by atoms with Gasteiger partial charge in [-0.25, -0.2) is 15.0 Å². The standard InChI is InChI=1S/C60H36N4OS2/c1-60(29-13-23-44-41-20-8-11-26-52(41)67-56(44)60)59-62-57(45-22-12-21-43-40-19-7-10-25-51(40)66-55(43)45)61-58(63-59)48-33-37(32-47-39-18-6-9-24-50(39)65-54(47)48)64-49-31-36-16-3-2-15-35(36)30-46(49)42-28-27-34-14-4-5-17-38(34)53(42)64/h2-33,56H,1H3. The SMILES string of the molecule is CC1(c2nc(-c3cc(-n4c5cc6ccccc6cc5c5ccc6ccccc6c54)cc4c3oc3ccccc34)nc(-c3cccc4c3sc3ccccc34)n2)C=CC=C2c3ccccc3SC21. The van der Waals surface area contributed by atoms with E-state index in [1.54, 1.807) is 11.3 Å². The maximum atomic E-state index is 6.96. The first kappa shape index (κ1) is 37.4. The predicted molar refractivity (Wildman–Crippen MR) is 281 cm³/mol. The summed E-state index contributed by atoms with van der Waals surface area (Å²) in [6.45, 7) is 2.30. The van der Waals surface area contributed by atoms with Crippen LogP contribution >= 0.6 is 23.1 Å². The number of benzene rings is 9. The molecule has 67 heavy (non-hydrogen) atoms. The van der Waals surface area contributed by atoms with Crippen LogP contribution in [0.1, 0.15) is 18.3 Å². The molecular formula is C60H36N4OS2. The van der Waals surface area contributed by atoms with E-state index in [0.717, 1.165) is 60.3 Å². The quantitative estimate of drug-likeness (QED) is 0.176. The molecule has 1 aliphatic carbocycles. The molecule has 0 saturated heterocycles. The summed E-state index contributed by atoms with van der Waals surface area (Å²) in [6, 6.07) is 63.4. The van der Waals surface area contributed by atoms with Gasteiger partial charge in [-0.1, -0.05) is 146 Å². The number of furan rings is 1. The number of thiophene rings is 1. The smallest absolute Gasteiger partial charge is 0.167 e. The number of para-hydroxylation sites is 1. The van der Waals surface area contributed by atoms with Crippen LogP contribution < -0.4 is 0 Å². The van der Waals surface area contributed by atoms with Gasteiger partial charge >= 0.3 is 0 Å². The summed E-state index contributed by atoms with van der Waals surface area (Å²) in [7, 11) is 0. The zero-order valence-corrected chi connectivity index (χ0v) is 37.7. The van der Waals surface area contributed by atoms with E-state index in [4.69, 9.17) is 19.4 Å². The molecule has 0 N–H and O–H groups in total. The molecule has 0 amide bonds. The molecule has 314 valence electrons. The lowest BCUT2D eigenvalue weighted by Gasteiger charge is -2.34. The van der Waals surface area contributed by atoms with Crippen LogP contribution in [0, 0.1) is 0 Å². The molecule has 0 fully saturated rings. The highest BCUT2D eigenvalue weighted by molar-refractivity contribution is 8.01. The van der Waals surface area contributed by atoms with E-state index in [2.05, 4.69) is 200 Å². The van der Waals surface area contributed by atoms with Crippen LogP contribution in [0.3, 0.4) is 0 Å². The first-order valence-corrected chi connectivity index (χ1v) is 24.4. The van der Waals surface area contributed by atoms with Crippen molar-refractivity contribution in [3.05, 3.63) is 206 Å². The molecule has 1 aliphatic heterocycles. The minimum Gasteiger partial charge on any atom is -0.455 e. The van der Waals surface area contributed by atoms with Gasteiger partial charge in [-0.15, -0.1) is 23.1 Å². The molecule has 0 bridgehead atoms. The zero-order chi connectivity index (χ0) is 44.0. The van der Waals surface area contributed by atoms with Crippen molar-refractivity contribution in [1.82, 2.24) is 19.5 Å². The Bertz CT molecular complexity index is 4360. The molecule has 0 saturated carbocycles. The second kappa shape index (κ2) is 13.8. The lowest BCUT2D eigenvalue weighted by Crippen LogP contribution is -2.35. The van der Waals surface area contributed by atoms with Gasteiger partial charge in [-0.2, -0.15) is 0 Å². The fourth-order valence-corrected chi connectivity index (χ4v) is 13.7. The molecule has 5 nitrogen and oxygen atoms in total. The van der Waals surface area contributed by atoms with E-state index in [1.807, 2.05) is 17.8 Å². The van der Waals surface area contributed by atoms with Crippen molar-refractivity contribution >= 4 is 114 Å². The van der Waals surface area contributed by atoms with Crippen molar-refractivity contribution in [3.8, 4) is 28.5 Å². The third kappa shape index (κ3) is 5.35. The molecule has 15 rings (SSSR count). The van der Waals surface area contributed by atoms with Gasteiger partial charge in [0.15, 0.2) is 11.6 Å². The number of hydrogen-bond donors (Lipinski definition) is 0. The Kier molecular flexibility index (Phi) is 7.73. The fraction of sp³-hybridized carbons (Fsp3) is 0.0500. The molecular weight excluding hydrogens is 857 g/mol. The first-order chi connectivity index (χ1) is 33.1. The number of aromatic nitrogens is 4. The molecule has 7 heteroatoms. The second-order valence-electron chi connectivity index (χ2n) is 18.0. The van der Waals surface area contributed by atoms with Gasteiger partial charge in [0, 0.05) is 63.2 Å². The topological polar surface area (TPSA) is 56.7 Å². The Hall–Kier alpha value is -7.84. The van der Waals surface area contributed by atoms with Crippen molar-refractivity contribution in [3.63, 3.8) is 0 Å². The van der Waals surface area contributed by atoms with E-state index < -0.39 is 5.41 Å². The Morgan fingerprint density at radius 2 is 1.27 bits per heavy atom. The van der Waals surface area contributed by atoms with E-state index in [0.29, 0.717) is 11.6 Å². The monoisotopic (exact) mass is 892 g/mol. The number of rotatable bonds is 4. The molecule has 9 aromatic carbocycles. The number of hydrogen-bond acceptors (Lipinski definition) is 6. The highest BCUT2D eigenvalue weighted by atomic mass is 32.2. The Morgan fingerprint density at radius 3 is 2.16 bits per heavy atom. The number of allylic oxidation sites excluding steroid dienone is 3. The largest absolute Gasteiger partial charge is 0.455 e. The predicted octanol–water partition coefficient (Wildman–Crippen LogP) is 16.3. The van der Waals surface area contributed by atoms with Gasteiger partial charge in [-0.3, -0.25) is 0 Å². The Labute approximate surface area is 392 Å². The molecule has 4 aromatic heterocycles. The van der Waals surface area contributed by atoms with Crippen molar-refractivity contribution in [2.45, 2.75) is 22.5 Å². The third-order valence-electron chi connectivity index (χ3n) is 14.2. The molecule has 2 unspecified atom stereocenters. The zero-order valence-electron chi connectivity index (χ0n) is 36.1. The maximum absolute atomic E-state index is 6.96. The van der Waals surface area contributed by atoms with Crippen molar-refractivity contribution in [2.24, 2.45) is 0 Å². The second-order valence-corrected chi connectivity index (χ2v) is 20.2. The normalized spacial score (nSPS) is 16.9. The highest BCUT2D eigenvalue weighted by Crippen LogP contribution is 2.55. The fourth-order valence-electron chi connectivity index (χ4n) is 11.0. The van der Waals surface area contributed by atoms with Crippen LogP contribution in [0.4, 0.5) is 0 Å². The molecule has 0 radical (unpaired) electrons. The lowest BCUT2D eigenvalue weighted by atomic mass is 9.77. The van der Waals surface area contributed by atoms with Gasteiger partial charge in [0.05, 0.1) is 27.3 Å². The summed E-state index contributed by atoms with van der Waals surface area (Å²) in [5.74, 6) is 1.94. The minimum atomic E-state index is -0.578. The molecule has 13 aromatic rings. The number of nitrogens with zero attached hydrogens (tertiary/aromatic N) is 4. The molecule has 2 aliphatic rings. The third-order valence-corrected chi connectivity index (χ3v) is 17.0. The average Bonchev–Trinajstić information content (AvgIpc) is 4.15. The van der Waals surface area contributed by atoms with Crippen LogP contribution in [0.2, 0.25) is 0 Å². The summed E-state index contributed by atoms with van der Waals surface area (Å²) >= 11 is 3.69. The van der Waals surface area contributed by atoms with Gasteiger partial charge in [-0.05, 0) is 82.7 Å². The van der Waals surface area contributed by atoms with Crippen LogP contribution in [-0.4, -0.2) is 24.8 Å². The van der Waals surface area contributed by atoms with Gasteiger partial charge in [0.1, 0.15) is 17.0 Å². The van der Waals surface area contributed by atoms with Crippen LogP contribution in [0.25, 0.3) is 119 Å². The highest BCUT2D eigenvalue weighted by Gasteiger charge is 2.45. The van der Waals surface area contributed by atoms with E-state index in [-0.39, 0.29) is 5.25 Å². The Morgan fingerprint density at radius 1 is 0.552 bits per heavy atom. The Balaban J connectivity index is 1.05. The minimum absolute atomic E-state index is 0.0661. The van der Waals surface area contributed by atoms with E-state index >= 15 is 0 Å². The van der Waals surface area contributed by atoms with Gasteiger partial charge < -0.3 is 8.98 Å².